The summed E-state index contributed by atoms with van der Waals surface area (Å²) < 4.78 is 6.20. The maximum absolute atomic E-state index is 10.7. The number of halogens is 1. The summed E-state index contributed by atoms with van der Waals surface area (Å²) in [6, 6.07) is 7.94. The monoisotopic (exact) mass is 382 g/mol. The van der Waals surface area contributed by atoms with Crippen molar-refractivity contribution in [2.75, 3.05) is 33.3 Å². The van der Waals surface area contributed by atoms with Crippen LogP contribution in [0.1, 0.15) is 16.5 Å². The van der Waals surface area contributed by atoms with E-state index in [0.717, 1.165) is 36.2 Å². The van der Waals surface area contributed by atoms with Gasteiger partial charge in [0.15, 0.2) is 11.5 Å². The van der Waals surface area contributed by atoms with Crippen LogP contribution in [0.25, 0.3) is 0 Å². The molecule has 1 aliphatic rings. The smallest absolute Gasteiger partial charge is 0.164 e. The number of thiophene rings is 1. The Labute approximate surface area is 142 Å². The van der Waals surface area contributed by atoms with E-state index in [1.165, 1.54) is 4.88 Å². The minimum Gasteiger partial charge on any atom is -0.504 e. The summed E-state index contributed by atoms with van der Waals surface area (Å²) in [5, 5.41) is 16.1. The normalized spacial score (nSPS) is 17.4. The summed E-state index contributed by atoms with van der Waals surface area (Å²) in [4.78, 5) is 3.63. The molecule has 4 nitrogen and oxygen atoms in total. The fourth-order valence-corrected chi connectivity index (χ4v) is 4.28. The van der Waals surface area contributed by atoms with Crippen molar-refractivity contribution in [1.29, 1.82) is 0 Å². The molecular weight excluding hydrogens is 364 g/mol. The third-order valence-electron chi connectivity index (χ3n) is 3.95. The highest BCUT2D eigenvalue weighted by Crippen LogP contribution is 2.44. The zero-order valence-corrected chi connectivity index (χ0v) is 14.8. The van der Waals surface area contributed by atoms with Crippen molar-refractivity contribution < 1.29 is 9.84 Å². The van der Waals surface area contributed by atoms with Crippen LogP contribution in [-0.2, 0) is 0 Å². The molecule has 1 saturated heterocycles. The number of phenolic OH excluding ortho intramolecular Hbond substituents is 1. The van der Waals surface area contributed by atoms with Gasteiger partial charge in [0.1, 0.15) is 0 Å². The third-order valence-corrected chi connectivity index (χ3v) is 5.57. The van der Waals surface area contributed by atoms with Crippen LogP contribution in [-0.4, -0.2) is 43.3 Å². The average molecular weight is 383 g/mol. The minimum absolute atomic E-state index is 0.0339. The van der Waals surface area contributed by atoms with Crippen LogP contribution in [0.2, 0.25) is 0 Å². The molecule has 2 N–H and O–H groups in total. The number of aromatic hydroxyl groups is 1. The second-order valence-corrected chi connectivity index (χ2v) is 7.05. The van der Waals surface area contributed by atoms with Crippen LogP contribution < -0.4 is 10.1 Å². The van der Waals surface area contributed by atoms with Gasteiger partial charge in [0.05, 0.1) is 13.2 Å². The van der Waals surface area contributed by atoms with Crippen molar-refractivity contribution in [3.05, 3.63) is 44.6 Å². The molecule has 1 aromatic carbocycles. The first-order chi connectivity index (χ1) is 10.7. The number of benzene rings is 1. The van der Waals surface area contributed by atoms with Crippen molar-refractivity contribution >= 4 is 27.3 Å². The lowest BCUT2D eigenvalue weighted by molar-refractivity contribution is 0.197. The molecule has 0 radical (unpaired) electrons. The van der Waals surface area contributed by atoms with E-state index in [1.807, 2.05) is 6.07 Å². The van der Waals surface area contributed by atoms with E-state index in [4.69, 9.17) is 4.74 Å². The molecule has 2 aromatic rings. The molecule has 1 fully saturated rings. The first-order valence-electron chi connectivity index (χ1n) is 7.26. The Morgan fingerprint density at radius 2 is 2.09 bits per heavy atom. The number of hydrogen-bond acceptors (Lipinski definition) is 5. The molecule has 3 rings (SSSR count). The maximum Gasteiger partial charge on any atom is 0.164 e. The molecule has 0 bridgehead atoms. The van der Waals surface area contributed by atoms with Gasteiger partial charge in [0.25, 0.3) is 0 Å². The molecule has 0 amide bonds. The summed E-state index contributed by atoms with van der Waals surface area (Å²) in [5.41, 5.74) is 0.878. The van der Waals surface area contributed by atoms with Crippen LogP contribution in [0.4, 0.5) is 0 Å². The van der Waals surface area contributed by atoms with E-state index in [9.17, 15) is 5.11 Å². The van der Waals surface area contributed by atoms with Gasteiger partial charge < -0.3 is 15.2 Å². The fraction of sp³-hybridized carbons (Fsp3) is 0.375. The molecular formula is C16H19BrN2O2S. The van der Waals surface area contributed by atoms with E-state index in [-0.39, 0.29) is 11.8 Å². The molecule has 0 spiro atoms. The lowest BCUT2D eigenvalue weighted by Gasteiger charge is -2.35. The predicted octanol–water partition coefficient (Wildman–Crippen LogP) is 3.22. The van der Waals surface area contributed by atoms with E-state index in [0.29, 0.717) is 5.75 Å². The van der Waals surface area contributed by atoms with Crippen LogP contribution in [0.5, 0.6) is 11.5 Å². The molecule has 1 aromatic heterocycles. The lowest BCUT2D eigenvalue weighted by Crippen LogP contribution is -2.45. The number of ether oxygens (including phenoxy) is 1. The quantitative estimate of drug-likeness (QED) is 0.851. The predicted molar refractivity (Wildman–Crippen MR) is 93.0 cm³/mol. The number of rotatable bonds is 4. The number of piperazine rings is 1. The molecule has 22 heavy (non-hydrogen) atoms. The maximum atomic E-state index is 10.7. The Bertz CT molecular complexity index is 627. The standard InChI is InChI=1S/C16H19BrN2O2S/c1-21-12-5-4-11(17)14(16(12)20)15(13-3-2-10-22-13)19-8-6-18-7-9-19/h2-5,10,15,18,20H,6-9H2,1H3/t15-/m1/s1. The molecule has 2 heterocycles. The van der Waals surface area contributed by atoms with Crippen molar-refractivity contribution in [2.24, 2.45) is 0 Å². The summed E-state index contributed by atoms with van der Waals surface area (Å²) in [7, 11) is 1.58. The number of phenols is 1. The lowest BCUT2D eigenvalue weighted by atomic mass is 10.0. The molecule has 6 heteroatoms. The Morgan fingerprint density at radius 1 is 1.32 bits per heavy atom. The first-order valence-corrected chi connectivity index (χ1v) is 8.93. The fourth-order valence-electron chi connectivity index (χ4n) is 2.88. The van der Waals surface area contributed by atoms with E-state index in [2.05, 4.69) is 43.7 Å². The molecule has 118 valence electrons. The highest BCUT2D eigenvalue weighted by atomic mass is 79.9. The Hall–Kier alpha value is -1.08. The molecule has 1 aliphatic heterocycles. The van der Waals surface area contributed by atoms with Gasteiger partial charge in [-0.25, -0.2) is 0 Å². The van der Waals surface area contributed by atoms with Crippen molar-refractivity contribution in [1.82, 2.24) is 10.2 Å². The van der Waals surface area contributed by atoms with Crippen molar-refractivity contribution in [3.8, 4) is 11.5 Å². The third kappa shape index (κ3) is 3.01. The van der Waals surface area contributed by atoms with Gasteiger partial charge in [-0.05, 0) is 23.6 Å². The Kier molecular flexibility index (Phi) is 5.03. The number of nitrogens with zero attached hydrogens (tertiary/aromatic N) is 1. The van der Waals surface area contributed by atoms with Crippen LogP contribution in [0.3, 0.4) is 0 Å². The van der Waals surface area contributed by atoms with Gasteiger partial charge >= 0.3 is 0 Å². The molecule has 0 unspecified atom stereocenters. The molecule has 0 saturated carbocycles. The van der Waals surface area contributed by atoms with E-state index < -0.39 is 0 Å². The minimum atomic E-state index is 0.0339. The highest BCUT2D eigenvalue weighted by molar-refractivity contribution is 9.10. The number of hydrogen-bond donors (Lipinski definition) is 2. The second-order valence-electron chi connectivity index (χ2n) is 5.22. The summed E-state index contributed by atoms with van der Waals surface area (Å²) in [6.45, 7) is 3.83. The van der Waals surface area contributed by atoms with Gasteiger partial charge in [-0.15, -0.1) is 11.3 Å². The van der Waals surface area contributed by atoms with Gasteiger partial charge in [-0.1, -0.05) is 22.0 Å². The zero-order valence-electron chi connectivity index (χ0n) is 12.4. The van der Waals surface area contributed by atoms with Gasteiger partial charge in [-0.3, -0.25) is 4.90 Å². The van der Waals surface area contributed by atoms with E-state index >= 15 is 0 Å². The second kappa shape index (κ2) is 7.00. The van der Waals surface area contributed by atoms with E-state index in [1.54, 1.807) is 24.5 Å². The number of methoxy groups -OCH3 is 1. The zero-order chi connectivity index (χ0) is 15.5. The molecule has 1 atom stereocenters. The molecule has 0 aliphatic carbocycles. The topological polar surface area (TPSA) is 44.7 Å². The van der Waals surface area contributed by atoms with Gasteiger partial charge in [0, 0.05) is 41.1 Å². The SMILES string of the molecule is COc1ccc(Br)c([C@@H](c2cccs2)N2CCNCC2)c1O. The summed E-state index contributed by atoms with van der Waals surface area (Å²) in [5.74, 6) is 0.726. The number of nitrogens with one attached hydrogen (secondary N) is 1. The van der Waals surface area contributed by atoms with Gasteiger partial charge in [-0.2, -0.15) is 0 Å². The Balaban J connectivity index is 2.10. The Morgan fingerprint density at radius 3 is 2.73 bits per heavy atom. The van der Waals surface area contributed by atoms with Crippen molar-refractivity contribution in [3.63, 3.8) is 0 Å². The summed E-state index contributed by atoms with van der Waals surface area (Å²) >= 11 is 5.33. The highest BCUT2D eigenvalue weighted by Gasteiger charge is 2.30. The van der Waals surface area contributed by atoms with Crippen LogP contribution >= 0.6 is 27.3 Å². The average Bonchev–Trinajstić information content (AvgIpc) is 3.06. The van der Waals surface area contributed by atoms with Crippen LogP contribution in [0.15, 0.2) is 34.1 Å². The first kappa shape index (κ1) is 15.8. The van der Waals surface area contributed by atoms with Gasteiger partial charge in [0.2, 0.25) is 0 Å². The van der Waals surface area contributed by atoms with Crippen molar-refractivity contribution in [2.45, 2.75) is 6.04 Å². The van der Waals surface area contributed by atoms with Crippen LogP contribution in [0, 0.1) is 0 Å². The summed E-state index contributed by atoms with van der Waals surface area (Å²) in [6.07, 6.45) is 0. The largest absolute Gasteiger partial charge is 0.504 e.